The van der Waals surface area contributed by atoms with Gasteiger partial charge in [-0.1, -0.05) is 31.9 Å². The summed E-state index contributed by atoms with van der Waals surface area (Å²) in [7, 11) is -3.89. The summed E-state index contributed by atoms with van der Waals surface area (Å²) in [5.74, 6) is 1.39. The molecular weight excluding hydrogens is 290 g/mol. The van der Waals surface area contributed by atoms with Gasteiger partial charge in [0.1, 0.15) is 6.54 Å². The zero-order valence-corrected chi connectivity index (χ0v) is 12.9. The summed E-state index contributed by atoms with van der Waals surface area (Å²) < 4.78 is 25.5. The van der Waals surface area contributed by atoms with E-state index in [1.165, 1.54) is 12.1 Å². The standard InChI is InChI=1S/C15H19NO4S/c1-4-9-16(11-15(17)18)21(19,20)14-7-5-13(6-8-14)10-12(2)3/h1,5-8,12H,9-11H2,2-3H3,(H,17,18). The number of sulfonamides is 1. The Bertz CT molecular complexity index is 627. The minimum absolute atomic E-state index is 0.0477. The molecule has 6 heteroatoms. The van der Waals surface area contributed by atoms with Gasteiger partial charge < -0.3 is 5.11 Å². The molecule has 1 N–H and O–H groups in total. The summed E-state index contributed by atoms with van der Waals surface area (Å²) in [5.41, 5.74) is 1.03. The fraction of sp³-hybridized carbons (Fsp3) is 0.400. The van der Waals surface area contributed by atoms with Crippen LogP contribution in [-0.2, 0) is 21.2 Å². The molecule has 114 valence electrons. The molecular formula is C15H19NO4S. The quantitative estimate of drug-likeness (QED) is 0.776. The molecule has 0 spiro atoms. The van der Waals surface area contributed by atoms with Gasteiger partial charge in [0.05, 0.1) is 11.4 Å². The van der Waals surface area contributed by atoms with Crippen LogP contribution in [0.1, 0.15) is 19.4 Å². The molecule has 0 unspecified atom stereocenters. The van der Waals surface area contributed by atoms with Crippen LogP contribution in [0.4, 0.5) is 0 Å². The topological polar surface area (TPSA) is 74.7 Å². The lowest BCUT2D eigenvalue weighted by molar-refractivity contribution is -0.137. The van der Waals surface area contributed by atoms with E-state index in [0.717, 1.165) is 16.3 Å². The Balaban J connectivity index is 3.05. The molecule has 0 fully saturated rings. The van der Waals surface area contributed by atoms with Crippen LogP contribution in [-0.4, -0.2) is 36.9 Å². The van der Waals surface area contributed by atoms with E-state index in [2.05, 4.69) is 19.8 Å². The minimum Gasteiger partial charge on any atom is -0.480 e. The Kier molecular flexibility index (Phi) is 5.94. The van der Waals surface area contributed by atoms with Crippen molar-refractivity contribution in [1.82, 2.24) is 4.31 Å². The lowest BCUT2D eigenvalue weighted by Crippen LogP contribution is -2.36. The number of carboxylic acid groups (broad SMARTS) is 1. The van der Waals surface area contributed by atoms with Crippen LogP contribution in [0, 0.1) is 18.3 Å². The Morgan fingerprint density at radius 1 is 1.33 bits per heavy atom. The molecule has 0 saturated carbocycles. The van der Waals surface area contributed by atoms with Crippen molar-refractivity contribution in [3.63, 3.8) is 0 Å². The highest BCUT2D eigenvalue weighted by atomic mass is 32.2. The highest BCUT2D eigenvalue weighted by Gasteiger charge is 2.25. The Morgan fingerprint density at radius 2 is 1.90 bits per heavy atom. The average Bonchev–Trinajstić information content (AvgIpc) is 2.37. The minimum atomic E-state index is -3.89. The normalized spacial score (nSPS) is 11.6. The lowest BCUT2D eigenvalue weighted by atomic mass is 10.0. The summed E-state index contributed by atoms with van der Waals surface area (Å²) in [4.78, 5) is 10.8. The molecule has 0 aromatic heterocycles. The molecule has 1 rings (SSSR count). The highest BCUT2D eigenvalue weighted by Crippen LogP contribution is 2.17. The Morgan fingerprint density at radius 3 is 2.33 bits per heavy atom. The smallest absolute Gasteiger partial charge is 0.318 e. The number of rotatable bonds is 7. The number of nitrogens with zero attached hydrogens (tertiary/aromatic N) is 1. The third kappa shape index (κ3) is 4.88. The van der Waals surface area contributed by atoms with E-state index in [4.69, 9.17) is 11.5 Å². The van der Waals surface area contributed by atoms with Crippen LogP contribution in [0.2, 0.25) is 0 Å². The molecule has 0 aliphatic rings. The van der Waals surface area contributed by atoms with E-state index in [-0.39, 0.29) is 11.4 Å². The van der Waals surface area contributed by atoms with E-state index in [0.29, 0.717) is 5.92 Å². The maximum atomic E-state index is 12.4. The van der Waals surface area contributed by atoms with Crippen LogP contribution < -0.4 is 0 Å². The van der Waals surface area contributed by atoms with Gasteiger partial charge in [-0.3, -0.25) is 4.79 Å². The number of hydrogen-bond donors (Lipinski definition) is 1. The van der Waals surface area contributed by atoms with E-state index >= 15 is 0 Å². The first-order valence-corrected chi connectivity index (χ1v) is 7.95. The molecule has 1 aromatic carbocycles. The molecule has 0 heterocycles. The molecule has 1 aromatic rings. The number of carbonyl (C=O) groups is 1. The van der Waals surface area contributed by atoms with E-state index in [9.17, 15) is 13.2 Å². The van der Waals surface area contributed by atoms with Crippen LogP contribution in [0.5, 0.6) is 0 Å². The summed E-state index contributed by atoms with van der Waals surface area (Å²) in [6.07, 6.45) is 5.96. The average molecular weight is 309 g/mol. The summed E-state index contributed by atoms with van der Waals surface area (Å²) in [6.45, 7) is 3.22. The Hall–Kier alpha value is -1.84. The van der Waals surface area contributed by atoms with Gasteiger partial charge in [0.2, 0.25) is 10.0 Å². The molecule has 0 radical (unpaired) electrons. The fourth-order valence-electron chi connectivity index (χ4n) is 1.90. The predicted octanol–water partition coefficient (Wildman–Crippen LogP) is 1.59. The summed E-state index contributed by atoms with van der Waals surface area (Å²) >= 11 is 0. The molecule has 0 aliphatic carbocycles. The number of benzene rings is 1. The molecule has 0 aliphatic heterocycles. The van der Waals surface area contributed by atoms with E-state index in [1.807, 2.05) is 0 Å². The molecule has 0 amide bonds. The van der Waals surface area contributed by atoms with Crippen molar-refractivity contribution in [1.29, 1.82) is 0 Å². The zero-order valence-electron chi connectivity index (χ0n) is 12.1. The molecule has 0 atom stereocenters. The van der Waals surface area contributed by atoms with Gasteiger partial charge in [0.25, 0.3) is 0 Å². The maximum absolute atomic E-state index is 12.4. The van der Waals surface area contributed by atoms with Crippen molar-refractivity contribution in [2.75, 3.05) is 13.1 Å². The second kappa shape index (κ2) is 7.25. The molecule has 0 bridgehead atoms. The second-order valence-electron chi connectivity index (χ2n) is 5.11. The predicted molar refractivity (Wildman–Crippen MR) is 80.2 cm³/mol. The van der Waals surface area contributed by atoms with Crippen LogP contribution in [0.25, 0.3) is 0 Å². The second-order valence-corrected chi connectivity index (χ2v) is 7.05. The third-order valence-corrected chi connectivity index (χ3v) is 4.59. The molecule has 21 heavy (non-hydrogen) atoms. The van der Waals surface area contributed by atoms with Gasteiger partial charge in [-0.05, 0) is 30.0 Å². The van der Waals surface area contributed by atoms with Gasteiger partial charge in [0.15, 0.2) is 0 Å². The largest absolute Gasteiger partial charge is 0.480 e. The third-order valence-electron chi connectivity index (χ3n) is 2.78. The fourth-order valence-corrected chi connectivity index (χ4v) is 3.20. The molecule has 0 saturated heterocycles. The van der Waals surface area contributed by atoms with Gasteiger partial charge in [0, 0.05) is 0 Å². The van der Waals surface area contributed by atoms with Crippen molar-refractivity contribution < 1.29 is 18.3 Å². The monoisotopic (exact) mass is 309 g/mol. The van der Waals surface area contributed by atoms with Crippen LogP contribution in [0.15, 0.2) is 29.2 Å². The zero-order chi connectivity index (χ0) is 16.0. The van der Waals surface area contributed by atoms with Crippen molar-refractivity contribution in [2.45, 2.75) is 25.2 Å². The first kappa shape index (κ1) is 17.2. The number of aliphatic carboxylic acids is 1. The SMILES string of the molecule is C#CCN(CC(=O)O)S(=O)(=O)c1ccc(CC(C)C)cc1. The van der Waals surface area contributed by atoms with Crippen LogP contribution >= 0.6 is 0 Å². The molecule has 5 nitrogen and oxygen atoms in total. The number of carboxylic acids is 1. The number of hydrogen-bond acceptors (Lipinski definition) is 3. The van der Waals surface area contributed by atoms with Gasteiger partial charge in [-0.15, -0.1) is 6.42 Å². The first-order chi connectivity index (χ1) is 9.77. The summed E-state index contributed by atoms with van der Waals surface area (Å²) in [5, 5.41) is 8.79. The number of terminal acetylenes is 1. The Labute approximate surface area is 125 Å². The van der Waals surface area contributed by atoms with Gasteiger partial charge >= 0.3 is 5.97 Å². The first-order valence-electron chi connectivity index (χ1n) is 6.51. The van der Waals surface area contributed by atoms with Gasteiger partial charge in [-0.2, -0.15) is 4.31 Å². The summed E-state index contributed by atoms with van der Waals surface area (Å²) in [6, 6.07) is 6.44. The van der Waals surface area contributed by atoms with Crippen LogP contribution in [0.3, 0.4) is 0 Å². The van der Waals surface area contributed by atoms with Gasteiger partial charge in [-0.25, -0.2) is 8.42 Å². The van der Waals surface area contributed by atoms with Crippen molar-refractivity contribution in [2.24, 2.45) is 5.92 Å². The van der Waals surface area contributed by atoms with E-state index in [1.54, 1.807) is 12.1 Å². The lowest BCUT2D eigenvalue weighted by Gasteiger charge is -2.18. The highest BCUT2D eigenvalue weighted by molar-refractivity contribution is 7.89. The van der Waals surface area contributed by atoms with Crippen molar-refractivity contribution in [3.8, 4) is 12.3 Å². The van der Waals surface area contributed by atoms with Crippen molar-refractivity contribution in [3.05, 3.63) is 29.8 Å². The van der Waals surface area contributed by atoms with E-state index < -0.39 is 22.5 Å². The maximum Gasteiger partial charge on any atom is 0.318 e. The van der Waals surface area contributed by atoms with Crippen molar-refractivity contribution >= 4 is 16.0 Å².